The zero-order valence-corrected chi connectivity index (χ0v) is 13.8. The van der Waals surface area contributed by atoms with E-state index in [-0.39, 0.29) is 6.04 Å². The number of hydrogen-bond acceptors (Lipinski definition) is 2. The Balaban J connectivity index is 2.29. The Labute approximate surface area is 129 Å². The number of aromatic nitrogens is 1. The summed E-state index contributed by atoms with van der Waals surface area (Å²) >= 11 is 3.43. The Morgan fingerprint density at radius 2 is 2.00 bits per heavy atom. The summed E-state index contributed by atoms with van der Waals surface area (Å²) in [6, 6.07) is 13.0. The maximum absolute atomic E-state index is 4.51. The van der Waals surface area contributed by atoms with E-state index in [4.69, 9.17) is 0 Å². The number of benzene rings is 1. The zero-order valence-electron chi connectivity index (χ0n) is 12.2. The second kappa shape index (κ2) is 7.00. The standard InChI is InChI=1S/C17H21BrN2/c1-12(2)9-13-5-4-6-14(10-13)17(19-3)16-8-7-15(18)11-20-16/h4-8,10-12,17,19H,9H2,1-3H3. The molecule has 2 aromatic rings. The molecular weight excluding hydrogens is 312 g/mol. The van der Waals surface area contributed by atoms with E-state index in [1.54, 1.807) is 0 Å². The lowest BCUT2D eigenvalue weighted by atomic mass is 9.97. The van der Waals surface area contributed by atoms with Crippen LogP contribution in [-0.4, -0.2) is 12.0 Å². The summed E-state index contributed by atoms with van der Waals surface area (Å²) < 4.78 is 1.00. The van der Waals surface area contributed by atoms with E-state index in [2.05, 4.69) is 70.4 Å². The SMILES string of the molecule is CNC(c1cccc(CC(C)C)c1)c1ccc(Br)cn1. The molecule has 0 aliphatic carbocycles. The molecule has 0 amide bonds. The summed E-state index contributed by atoms with van der Waals surface area (Å²) in [5.74, 6) is 0.670. The molecular formula is C17H21BrN2. The zero-order chi connectivity index (χ0) is 14.5. The van der Waals surface area contributed by atoms with Gasteiger partial charge in [-0.05, 0) is 58.6 Å². The van der Waals surface area contributed by atoms with Gasteiger partial charge in [-0.3, -0.25) is 4.98 Å². The Bertz CT molecular complexity index is 549. The predicted molar refractivity (Wildman–Crippen MR) is 87.8 cm³/mol. The molecule has 1 unspecified atom stereocenters. The van der Waals surface area contributed by atoms with Gasteiger partial charge in [0.2, 0.25) is 0 Å². The number of pyridine rings is 1. The highest BCUT2D eigenvalue weighted by Crippen LogP contribution is 2.23. The summed E-state index contributed by atoms with van der Waals surface area (Å²) in [6.45, 7) is 4.50. The predicted octanol–water partition coefficient (Wildman–Crippen LogP) is 4.35. The van der Waals surface area contributed by atoms with Crippen molar-refractivity contribution in [3.63, 3.8) is 0 Å². The molecule has 1 atom stereocenters. The van der Waals surface area contributed by atoms with Crippen LogP contribution in [0.3, 0.4) is 0 Å². The van der Waals surface area contributed by atoms with Crippen LogP contribution in [0.25, 0.3) is 0 Å². The molecule has 2 rings (SSSR count). The average molecular weight is 333 g/mol. The van der Waals surface area contributed by atoms with Crippen molar-refractivity contribution in [3.8, 4) is 0 Å². The molecule has 1 heterocycles. The Hall–Kier alpha value is -1.19. The van der Waals surface area contributed by atoms with Crippen molar-refractivity contribution < 1.29 is 0 Å². The molecule has 0 bridgehead atoms. The van der Waals surface area contributed by atoms with Crippen molar-refractivity contribution in [2.24, 2.45) is 5.92 Å². The Morgan fingerprint density at radius 1 is 1.20 bits per heavy atom. The van der Waals surface area contributed by atoms with Gasteiger partial charge in [0.15, 0.2) is 0 Å². The van der Waals surface area contributed by atoms with Gasteiger partial charge in [-0.25, -0.2) is 0 Å². The number of halogens is 1. The van der Waals surface area contributed by atoms with Crippen molar-refractivity contribution in [2.75, 3.05) is 7.05 Å². The lowest BCUT2D eigenvalue weighted by molar-refractivity contribution is 0.640. The molecule has 3 heteroatoms. The van der Waals surface area contributed by atoms with Crippen molar-refractivity contribution in [2.45, 2.75) is 26.3 Å². The van der Waals surface area contributed by atoms with E-state index >= 15 is 0 Å². The van der Waals surface area contributed by atoms with Crippen LogP contribution in [0.5, 0.6) is 0 Å². The van der Waals surface area contributed by atoms with E-state index in [1.165, 1.54) is 11.1 Å². The van der Waals surface area contributed by atoms with Crippen molar-refractivity contribution >= 4 is 15.9 Å². The van der Waals surface area contributed by atoms with E-state index in [0.717, 1.165) is 16.6 Å². The van der Waals surface area contributed by atoms with Crippen LogP contribution < -0.4 is 5.32 Å². The summed E-state index contributed by atoms with van der Waals surface area (Å²) in [6.07, 6.45) is 2.95. The maximum atomic E-state index is 4.51. The molecule has 0 aliphatic rings. The molecule has 1 aromatic carbocycles. The minimum absolute atomic E-state index is 0.134. The molecule has 20 heavy (non-hydrogen) atoms. The molecule has 106 valence electrons. The van der Waals surface area contributed by atoms with Gasteiger partial charge in [0.05, 0.1) is 11.7 Å². The highest BCUT2D eigenvalue weighted by atomic mass is 79.9. The molecule has 0 spiro atoms. The Morgan fingerprint density at radius 3 is 2.60 bits per heavy atom. The average Bonchev–Trinajstić information content (AvgIpc) is 2.41. The third-order valence-electron chi connectivity index (χ3n) is 3.26. The lowest BCUT2D eigenvalue weighted by Crippen LogP contribution is -2.19. The van der Waals surface area contributed by atoms with Crippen molar-refractivity contribution in [3.05, 3.63) is 63.9 Å². The van der Waals surface area contributed by atoms with Crippen LogP contribution >= 0.6 is 15.9 Å². The molecule has 1 N–H and O–H groups in total. The fourth-order valence-corrected chi connectivity index (χ4v) is 2.65. The second-order valence-electron chi connectivity index (χ2n) is 5.47. The van der Waals surface area contributed by atoms with Gasteiger partial charge >= 0.3 is 0 Å². The summed E-state index contributed by atoms with van der Waals surface area (Å²) in [5, 5.41) is 3.36. The molecule has 0 saturated carbocycles. The monoisotopic (exact) mass is 332 g/mol. The third kappa shape index (κ3) is 3.90. The van der Waals surface area contributed by atoms with Gasteiger partial charge in [-0.1, -0.05) is 38.1 Å². The number of rotatable bonds is 5. The summed E-state index contributed by atoms with van der Waals surface area (Å²) in [5.41, 5.74) is 3.69. The van der Waals surface area contributed by atoms with Crippen LogP contribution in [0, 0.1) is 5.92 Å². The van der Waals surface area contributed by atoms with Gasteiger partial charge in [0, 0.05) is 10.7 Å². The number of nitrogens with zero attached hydrogens (tertiary/aromatic N) is 1. The van der Waals surface area contributed by atoms with Gasteiger partial charge in [0.25, 0.3) is 0 Å². The normalized spacial score (nSPS) is 12.7. The fourth-order valence-electron chi connectivity index (χ4n) is 2.41. The maximum Gasteiger partial charge on any atom is 0.0749 e. The Kier molecular flexibility index (Phi) is 5.32. The van der Waals surface area contributed by atoms with Gasteiger partial charge < -0.3 is 5.32 Å². The van der Waals surface area contributed by atoms with Crippen LogP contribution in [0.2, 0.25) is 0 Å². The molecule has 1 aromatic heterocycles. The van der Waals surface area contributed by atoms with Gasteiger partial charge in [-0.15, -0.1) is 0 Å². The molecule has 0 aliphatic heterocycles. The molecule has 0 saturated heterocycles. The third-order valence-corrected chi connectivity index (χ3v) is 3.73. The van der Waals surface area contributed by atoms with E-state index in [9.17, 15) is 0 Å². The van der Waals surface area contributed by atoms with Crippen LogP contribution in [0.4, 0.5) is 0 Å². The van der Waals surface area contributed by atoms with E-state index in [1.807, 2.05) is 19.3 Å². The van der Waals surface area contributed by atoms with Crippen molar-refractivity contribution in [1.29, 1.82) is 0 Å². The van der Waals surface area contributed by atoms with Crippen LogP contribution in [-0.2, 0) is 6.42 Å². The first kappa shape index (κ1) is 15.2. The van der Waals surface area contributed by atoms with Gasteiger partial charge in [0.1, 0.15) is 0 Å². The van der Waals surface area contributed by atoms with Crippen molar-refractivity contribution in [1.82, 2.24) is 10.3 Å². The summed E-state index contributed by atoms with van der Waals surface area (Å²) in [7, 11) is 1.98. The van der Waals surface area contributed by atoms with E-state index < -0.39 is 0 Å². The molecule has 0 radical (unpaired) electrons. The van der Waals surface area contributed by atoms with Crippen LogP contribution in [0.15, 0.2) is 47.1 Å². The minimum Gasteiger partial charge on any atom is -0.308 e. The fraction of sp³-hybridized carbons (Fsp3) is 0.353. The lowest BCUT2D eigenvalue weighted by Gasteiger charge is -2.17. The van der Waals surface area contributed by atoms with E-state index in [0.29, 0.717) is 5.92 Å². The highest BCUT2D eigenvalue weighted by molar-refractivity contribution is 9.10. The van der Waals surface area contributed by atoms with Gasteiger partial charge in [-0.2, -0.15) is 0 Å². The first-order chi connectivity index (χ1) is 9.60. The smallest absolute Gasteiger partial charge is 0.0749 e. The number of nitrogens with one attached hydrogen (secondary N) is 1. The van der Waals surface area contributed by atoms with Crippen LogP contribution in [0.1, 0.15) is 36.7 Å². The first-order valence-corrected chi connectivity index (χ1v) is 7.77. The minimum atomic E-state index is 0.134. The molecule has 0 fully saturated rings. The first-order valence-electron chi connectivity index (χ1n) is 6.97. The quantitative estimate of drug-likeness (QED) is 0.880. The topological polar surface area (TPSA) is 24.9 Å². The largest absolute Gasteiger partial charge is 0.308 e. The summed E-state index contributed by atoms with van der Waals surface area (Å²) in [4.78, 5) is 4.51. The molecule has 2 nitrogen and oxygen atoms in total. The highest BCUT2D eigenvalue weighted by Gasteiger charge is 2.13. The second-order valence-corrected chi connectivity index (χ2v) is 6.38. The number of hydrogen-bond donors (Lipinski definition) is 1.